The molecule has 2 heterocycles. The van der Waals surface area contributed by atoms with Crippen molar-refractivity contribution in [3.05, 3.63) is 65.6 Å². The number of nitrogens with zero attached hydrogens (tertiary/aromatic N) is 2. The predicted molar refractivity (Wildman–Crippen MR) is 110 cm³/mol. The first-order valence-corrected chi connectivity index (χ1v) is 9.92. The first kappa shape index (κ1) is 20.1. The molecular formula is C23H28N2O3. The Balaban J connectivity index is 1.92. The molecule has 1 atom stereocenters. The summed E-state index contributed by atoms with van der Waals surface area (Å²) in [6, 6.07) is 13.4. The molecule has 3 rings (SSSR count). The van der Waals surface area contributed by atoms with Crippen molar-refractivity contribution in [1.29, 1.82) is 0 Å². The lowest BCUT2D eigenvalue weighted by Crippen LogP contribution is -2.15. The second kappa shape index (κ2) is 9.02. The molecule has 5 heteroatoms. The van der Waals surface area contributed by atoms with E-state index in [1.807, 2.05) is 60.0 Å². The zero-order valence-corrected chi connectivity index (χ0v) is 16.8. The van der Waals surface area contributed by atoms with Crippen molar-refractivity contribution in [3.63, 3.8) is 0 Å². The van der Waals surface area contributed by atoms with Gasteiger partial charge in [-0.05, 0) is 37.5 Å². The van der Waals surface area contributed by atoms with Crippen LogP contribution in [0.2, 0.25) is 0 Å². The van der Waals surface area contributed by atoms with Crippen molar-refractivity contribution in [2.75, 3.05) is 6.61 Å². The summed E-state index contributed by atoms with van der Waals surface area (Å²) in [7, 11) is 0. The minimum atomic E-state index is -0.234. The third-order valence-electron chi connectivity index (χ3n) is 5.18. The molecule has 0 radical (unpaired) electrons. The minimum absolute atomic E-state index is 0.0346. The largest absolute Gasteiger partial charge is 0.487 e. The molecule has 0 amide bonds. The van der Waals surface area contributed by atoms with Gasteiger partial charge in [-0.15, -0.1) is 0 Å². The van der Waals surface area contributed by atoms with Crippen molar-refractivity contribution in [2.24, 2.45) is 0 Å². The third-order valence-corrected chi connectivity index (χ3v) is 5.18. The Morgan fingerprint density at radius 3 is 2.50 bits per heavy atom. The van der Waals surface area contributed by atoms with Gasteiger partial charge in [0.1, 0.15) is 5.69 Å². The summed E-state index contributed by atoms with van der Waals surface area (Å²) in [6.07, 6.45) is 4.03. The second-order valence-electron chi connectivity index (χ2n) is 7.09. The summed E-state index contributed by atoms with van der Waals surface area (Å²) in [4.78, 5) is 17.7. The van der Waals surface area contributed by atoms with Crippen molar-refractivity contribution in [1.82, 2.24) is 9.38 Å². The van der Waals surface area contributed by atoms with Gasteiger partial charge in [0.2, 0.25) is 0 Å². The fourth-order valence-corrected chi connectivity index (χ4v) is 3.55. The van der Waals surface area contributed by atoms with Gasteiger partial charge in [0.15, 0.2) is 17.2 Å². The van der Waals surface area contributed by atoms with Gasteiger partial charge in [-0.25, -0.2) is 4.98 Å². The number of benzene rings is 1. The molecular weight excluding hydrogens is 352 g/mol. The van der Waals surface area contributed by atoms with Crippen LogP contribution in [-0.2, 0) is 0 Å². The third kappa shape index (κ3) is 4.09. The van der Waals surface area contributed by atoms with Crippen LogP contribution in [0.3, 0.4) is 0 Å². The van der Waals surface area contributed by atoms with E-state index in [0.717, 1.165) is 18.4 Å². The predicted octanol–water partition coefficient (Wildman–Crippen LogP) is 4.56. The SMILES string of the molecule is CCC(CC)Oc1cccn2c(C(=O)C[C@@H](CO)c3ccccc3)c(C)nc12. The highest BCUT2D eigenvalue weighted by Crippen LogP contribution is 2.27. The van der Waals surface area contributed by atoms with Gasteiger partial charge >= 0.3 is 0 Å². The number of carbonyl (C=O) groups excluding carboxylic acids is 1. The minimum Gasteiger partial charge on any atom is -0.487 e. The number of ketones is 1. The Hall–Kier alpha value is -2.66. The van der Waals surface area contributed by atoms with E-state index in [2.05, 4.69) is 18.8 Å². The Morgan fingerprint density at radius 2 is 1.86 bits per heavy atom. The zero-order valence-electron chi connectivity index (χ0n) is 16.8. The maximum Gasteiger partial charge on any atom is 0.182 e. The summed E-state index contributed by atoms with van der Waals surface area (Å²) < 4.78 is 7.93. The van der Waals surface area contributed by atoms with Crippen LogP contribution in [-0.4, -0.2) is 33.0 Å². The van der Waals surface area contributed by atoms with E-state index in [9.17, 15) is 9.90 Å². The van der Waals surface area contributed by atoms with E-state index in [4.69, 9.17) is 4.74 Å². The summed E-state index contributed by atoms with van der Waals surface area (Å²) in [6.45, 7) is 5.96. The standard InChI is InChI=1S/C23H28N2O3/c1-4-19(5-2)28-21-12-9-13-25-22(16(3)24-23(21)25)20(27)14-18(15-26)17-10-7-6-8-11-17/h6-13,18-19,26H,4-5,14-15H2,1-3H3/t18-/m0/s1. The van der Waals surface area contributed by atoms with Crippen LogP contribution < -0.4 is 4.74 Å². The number of hydrogen-bond donors (Lipinski definition) is 1. The first-order valence-electron chi connectivity index (χ1n) is 9.92. The highest BCUT2D eigenvalue weighted by Gasteiger charge is 2.23. The Labute approximate surface area is 166 Å². The van der Waals surface area contributed by atoms with Gasteiger partial charge in [0.05, 0.1) is 18.4 Å². The van der Waals surface area contributed by atoms with Crippen LogP contribution in [0.5, 0.6) is 5.75 Å². The molecule has 2 aromatic heterocycles. The smallest absolute Gasteiger partial charge is 0.182 e. The quantitative estimate of drug-likeness (QED) is 0.553. The molecule has 28 heavy (non-hydrogen) atoms. The number of ether oxygens (including phenoxy) is 1. The van der Waals surface area contributed by atoms with E-state index in [0.29, 0.717) is 22.8 Å². The maximum absolute atomic E-state index is 13.1. The molecule has 0 saturated carbocycles. The van der Waals surface area contributed by atoms with Gasteiger partial charge in [-0.2, -0.15) is 0 Å². The molecule has 5 nitrogen and oxygen atoms in total. The van der Waals surface area contributed by atoms with Crippen molar-refractivity contribution >= 4 is 11.4 Å². The number of carbonyl (C=O) groups is 1. The fraction of sp³-hybridized carbons (Fsp3) is 0.391. The molecule has 0 aliphatic heterocycles. The molecule has 0 aliphatic carbocycles. The number of aliphatic hydroxyl groups is 1. The van der Waals surface area contributed by atoms with E-state index >= 15 is 0 Å². The molecule has 148 valence electrons. The Bertz CT molecular complexity index is 930. The molecule has 1 aromatic carbocycles. The van der Waals surface area contributed by atoms with Crippen molar-refractivity contribution in [2.45, 2.75) is 52.1 Å². The normalized spacial score (nSPS) is 12.5. The second-order valence-corrected chi connectivity index (χ2v) is 7.09. The number of imidazole rings is 1. The molecule has 0 bridgehead atoms. The van der Waals surface area contributed by atoms with Crippen LogP contribution in [0.4, 0.5) is 0 Å². The average Bonchev–Trinajstić information content (AvgIpc) is 3.07. The van der Waals surface area contributed by atoms with Crippen LogP contribution >= 0.6 is 0 Å². The summed E-state index contributed by atoms with van der Waals surface area (Å²) in [5.41, 5.74) is 2.85. The summed E-state index contributed by atoms with van der Waals surface area (Å²) in [5.74, 6) is 0.426. The number of fused-ring (bicyclic) bond motifs is 1. The molecule has 3 aromatic rings. The number of aromatic nitrogens is 2. The average molecular weight is 380 g/mol. The number of Topliss-reactive ketones (excluding diaryl/α,β-unsaturated/α-hetero) is 1. The molecule has 1 N–H and O–H groups in total. The van der Waals surface area contributed by atoms with Gasteiger partial charge in [-0.3, -0.25) is 9.20 Å². The zero-order chi connectivity index (χ0) is 20.1. The van der Waals surface area contributed by atoms with Crippen LogP contribution in [0.1, 0.15) is 60.8 Å². The van der Waals surface area contributed by atoms with Crippen LogP contribution in [0.25, 0.3) is 5.65 Å². The van der Waals surface area contributed by atoms with Gasteiger partial charge < -0.3 is 9.84 Å². The fourth-order valence-electron chi connectivity index (χ4n) is 3.55. The summed E-state index contributed by atoms with van der Waals surface area (Å²) in [5, 5.41) is 9.81. The van der Waals surface area contributed by atoms with Crippen LogP contribution in [0.15, 0.2) is 48.7 Å². The molecule has 0 aliphatic rings. The molecule has 0 fully saturated rings. The van der Waals surface area contributed by atoms with Gasteiger partial charge in [0, 0.05) is 18.5 Å². The lowest BCUT2D eigenvalue weighted by Gasteiger charge is -2.16. The van der Waals surface area contributed by atoms with E-state index < -0.39 is 0 Å². The number of pyridine rings is 1. The number of aryl methyl sites for hydroxylation is 1. The topological polar surface area (TPSA) is 63.8 Å². The number of aliphatic hydroxyl groups excluding tert-OH is 1. The lowest BCUT2D eigenvalue weighted by molar-refractivity contribution is 0.0953. The maximum atomic E-state index is 13.1. The Kier molecular flexibility index (Phi) is 6.47. The molecule has 0 saturated heterocycles. The number of rotatable bonds is 9. The van der Waals surface area contributed by atoms with Crippen molar-refractivity contribution in [3.8, 4) is 5.75 Å². The van der Waals surface area contributed by atoms with E-state index in [1.54, 1.807) is 0 Å². The summed E-state index contributed by atoms with van der Waals surface area (Å²) >= 11 is 0. The number of hydrogen-bond acceptors (Lipinski definition) is 4. The highest BCUT2D eigenvalue weighted by molar-refractivity contribution is 5.97. The first-order chi connectivity index (χ1) is 13.6. The van der Waals surface area contributed by atoms with Gasteiger partial charge in [-0.1, -0.05) is 44.2 Å². The Morgan fingerprint density at radius 1 is 1.14 bits per heavy atom. The van der Waals surface area contributed by atoms with E-state index in [1.165, 1.54) is 0 Å². The molecule has 0 spiro atoms. The highest BCUT2D eigenvalue weighted by atomic mass is 16.5. The monoisotopic (exact) mass is 380 g/mol. The van der Waals surface area contributed by atoms with Crippen molar-refractivity contribution < 1.29 is 14.6 Å². The van der Waals surface area contributed by atoms with Gasteiger partial charge in [0.25, 0.3) is 0 Å². The molecule has 0 unspecified atom stereocenters. The lowest BCUT2D eigenvalue weighted by atomic mass is 9.93. The van der Waals surface area contributed by atoms with E-state index in [-0.39, 0.29) is 30.8 Å². The van der Waals surface area contributed by atoms with Crippen LogP contribution in [0, 0.1) is 6.92 Å².